The lowest BCUT2D eigenvalue weighted by molar-refractivity contribution is 0.0972. The average molecular weight is 461 g/mol. The summed E-state index contributed by atoms with van der Waals surface area (Å²) >= 11 is 17.1. The second kappa shape index (κ2) is 10.8. The van der Waals surface area contributed by atoms with Gasteiger partial charge in [0.1, 0.15) is 24.7 Å². The smallest absolute Gasteiger partial charge is 0.261 e. The number of anilines is 1. The van der Waals surface area contributed by atoms with E-state index in [2.05, 4.69) is 10.6 Å². The largest absolute Gasteiger partial charge is 0.490 e. The molecule has 0 saturated heterocycles. The Kier molecular flexibility index (Phi) is 7.90. The molecule has 0 unspecified atom stereocenters. The van der Waals surface area contributed by atoms with Gasteiger partial charge in [0.2, 0.25) is 0 Å². The molecule has 0 aliphatic rings. The maximum Gasteiger partial charge on any atom is 0.261 e. The van der Waals surface area contributed by atoms with E-state index in [1.54, 1.807) is 42.5 Å². The van der Waals surface area contributed by atoms with E-state index in [4.69, 9.17) is 44.9 Å². The number of amides is 1. The third kappa shape index (κ3) is 6.35. The Bertz CT molecular complexity index is 1030. The lowest BCUT2D eigenvalue weighted by Gasteiger charge is -2.13. The summed E-state index contributed by atoms with van der Waals surface area (Å²) in [7, 11) is 0. The van der Waals surface area contributed by atoms with Crippen molar-refractivity contribution in [3.8, 4) is 11.5 Å². The standard InChI is InChI=1S/C22H18Cl2N2O3S/c23-18-11-10-15(14-19(18)24)25-22(30)26-21(27)17-8-4-5-9-20(17)29-13-12-28-16-6-2-1-3-7-16/h1-11,14H,12-13H2,(H2,25,26,27,30). The van der Waals surface area contributed by atoms with E-state index in [-0.39, 0.29) is 11.7 Å². The van der Waals surface area contributed by atoms with Crippen LogP contribution in [0.15, 0.2) is 72.8 Å². The zero-order chi connectivity index (χ0) is 21.3. The predicted molar refractivity (Wildman–Crippen MR) is 124 cm³/mol. The number of rotatable bonds is 7. The highest BCUT2D eigenvalue weighted by molar-refractivity contribution is 7.80. The maximum atomic E-state index is 12.6. The maximum absolute atomic E-state index is 12.6. The van der Waals surface area contributed by atoms with Gasteiger partial charge in [-0.05, 0) is 54.7 Å². The van der Waals surface area contributed by atoms with Crippen molar-refractivity contribution >= 4 is 52.1 Å². The van der Waals surface area contributed by atoms with E-state index >= 15 is 0 Å². The Morgan fingerprint density at radius 3 is 2.33 bits per heavy atom. The van der Waals surface area contributed by atoms with Crippen LogP contribution in [0.25, 0.3) is 0 Å². The zero-order valence-corrected chi connectivity index (χ0v) is 18.1. The van der Waals surface area contributed by atoms with Crippen molar-refractivity contribution in [2.45, 2.75) is 0 Å². The molecule has 1 amide bonds. The molecule has 5 nitrogen and oxygen atoms in total. The summed E-state index contributed by atoms with van der Waals surface area (Å²) in [6.45, 7) is 0.627. The summed E-state index contributed by atoms with van der Waals surface area (Å²) in [5.41, 5.74) is 0.966. The van der Waals surface area contributed by atoms with E-state index in [9.17, 15) is 4.79 Å². The molecule has 3 aromatic rings. The summed E-state index contributed by atoms with van der Waals surface area (Å²) in [4.78, 5) is 12.6. The van der Waals surface area contributed by atoms with Crippen molar-refractivity contribution in [1.29, 1.82) is 0 Å². The summed E-state index contributed by atoms with van der Waals surface area (Å²) in [6.07, 6.45) is 0. The molecule has 2 N–H and O–H groups in total. The minimum absolute atomic E-state index is 0.126. The monoisotopic (exact) mass is 460 g/mol. The molecule has 0 radical (unpaired) electrons. The third-order valence-corrected chi connectivity index (χ3v) is 4.83. The number of carbonyl (C=O) groups is 1. The summed E-state index contributed by atoms with van der Waals surface area (Å²) in [5.74, 6) is 0.794. The average Bonchev–Trinajstić information content (AvgIpc) is 2.75. The third-order valence-electron chi connectivity index (χ3n) is 3.89. The van der Waals surface area contributed by atoms with Gasteiger partial charge >= 0.3 is 0 Å². The highest BCUT2D eigenvalue weighted by Crippen LogP contribution is 2.25. The van der Waals surface area contributed by atoms with Gasteiger partial charge in [0.25, 0.3) is 5.91 Å². The van der Waals surface area contributed by atoms with Crippen LogP contribution in [-0.4, -0.2) is 24.2 Å². The first-order valence-corrected chi connectivity index (χ1v) is 10.2. The first kappa shape index (κ1) is 21.9. The Morgan fingerprint density at radius 1 is 0.867 bits per heavy atom. The van der Waals surface area contributed by atoms with Crippen molar-refractivity contribution in [3.05, 3.63) is 88.4 Å². The van der Waals surface area contributed by atoms with E-state index in [0.717, 1.165) is 5.75 Å². The molecule has 0 aromatic heterocycles. The number of carbonyl (C=O) groups excluding carboxylic acids is 1. The van der Waals surface area contributed by atoms with Gasteiger partial charge in [0, 0.05) is 5.69 Å². The number of nitrogens with one attached hydrogen (secondary N) is 2. The second-order valence-electron chi connectivity index (χ2n) is 6.04. The predicted octanol–water partition coefficient (Wildman–Crippen LogP) is 5.58. The lowest BCUT2D eigenvalue weighted by atomic mass is 10.2. The van der Waals surface area contributed by atoms with Crippen molar-refractivity contribution in [2.24, 2.45) is 0 Å². The number of hydrogen-bond donors (Lipinski definition) is 2. The van der Waals surface area contributed by atoms with Gasteiger partial charge in [-0.1, -0.05) is 53.5 Å². The number of halogens is 2. The normalized spacial score (nSPS) is 10.2. The summed E-state index contributed by atoms with van der Waals surface area (Å²) in [5, 5.41) is 6.46. The van der Waals surface area contributed by atoms with E-state index in [1.807, 2.05) is 30.3 Å². The van der Waals surface area contributed by atoms with Gasteiger partial charge in [-0.15, -0.1) is 0 Å². The second-order valence-corrected chi connectivity index (χ2v) is 7.27. The van der Waals surface area contributed by atoms with Crippen LogP contribution in [0.5, 0.6) is 11.5 Å². The van der Waals surface area contributed by atoms with Crippen LogP contribution < -0.4 is 20.1 Å². The Hall–Kier alpha value is -2.80. The lowest BCUT2D eigenvalue weighted by Crippen LogP contribution is -2.34. The minimum atomic E-state index is -0.396. The molecule has 3 rings (SSSR count). The van der Waals surface area contributed by atoms with Crippen molar-refractivity contribution < 1.29 is 14.3 Å². The van der Waals surface area contributed by atoms with Gasteiger partial charge in [0.15, 0.2) is 5.11 Å². The van der Waals surface area contributed by atoms with Crippen LogP contribution in [0.1, 0.15) is 10.4 Å². The fourth-order valence-corrected chi connectivity index (χ4v) is 3.02. The fourth-order valence-electron chi connectivity index (χ4n) is 2.51. The first-order valence-electron chi connectivity index (χ1n) is 9.00. The summed E-state index contributed by atoms with van der Waals surface area (Å²) < 4.78 is 11.3. The number of para-hydroxylation sites is 2. The molecule has 154 valence electrons. The van der Waals surface area contributed by atoms with Crippen LogP contribution >= 0.6 is 35.4 Å². The zero-order valence-electron chi connectivity index (χ0n) is 15.7. The molecule has 0 saturated carbocycles. The summed E-state index contributed by atoms with van der Waals surface area (Å²) in [6, 6.07) is 21.3. The quantitative estimate of drug-likeness (QED) is 0.356. The SMILES string of the molecule is O=C(NC(=S)Nc1ccc(Cl)c(Cl)c1)c1ccccc1OCCOc1ccccc1. The van der Waals surface area contributed by atoms with Gasteiger partial charge in [0.05, 0.1) is 15.6 Å². The minimum Gasteiger partial charge on any atom is -0.490 e. The van der Waals surface area contributed by atoms with Crippen molar-refractivity contribution in [2.75, 3.05) is 18.5 Å². The van der Waals surface area contributed by atoms with Gasteiger partial charge in [-0.2, -0.15) is 0 Å². The topological polar surface area (TPSA) is 59.6 Å². The van der Waals surface area contributed by atoms with Crippen LogP contribution in [0, 0.1) is 0 Å². The van der Waals surface area contributed by atoms with Crippen LogP contribution in [0.2, 0.25) is 10.0 Å². The fraction of sp³-hybridized carbons (Fsp3) is 0.0909. The van der Waals surface area contributed by atoms with Crippen LogP contribution in [-0.2, 0) is 0 Å². The molecule has 0 heterocycles. The van der Waals surface area contributed by atoms with E-state index in [0.29, 0.717) is 33.7 Å². The van der Waals surface area contributed by atoms with Gasteiger partial charge < -0.3 is 14.8 Å². The molecule has 0 bridgehead atoms. The molecule has 0 aliphatic carbocycles. The molecule has 3 aromatic carbocycles. The molecule has 8 heteroatoms. The Labute approximate surface area is 189 Å². The van der Waals surface area contributed by atoms with E-state index < -0.39 is 5.91 Å². The first-order chi connectivity index (χ1) is 14.5. The molecule has 0 atom stereocenters. The van der Waals surface area contributed by atoms with Crippen molar-refractivity contribution in [3.63, 3.8) is 0 Å². The van der Waals surface area contributed by atoms with E-state index in [1.165, 1.54) is 0 Å². The Morgan fingerprint density at radius 2 is 1.57 bits per heavy atom. The van der Waals surface area contributed by atoms with Crippen LogP contribution in [0.3, 0.4) is 0 Å². The van der Waals surface area contributed by atoms with Gasteiger partial charge in [-0.3, -0.25) is 10.1 Å². The number of thiocarbonyl (C=S) groups is 1. The van der Waals surface area contributed by atoms with Gasteiger partial charge in [-0.25, -0.2) is 0 Å². The molecule has 0 fully saturated rings. The molecule has 0 aliphatic heterocycles. The molecule has 0 spiro atoms. The molecular weight excluding hydrogens is 443 g/mol. The Balaban J connectivity index is 1.55. The molecular formula is C22H18Cl2N2O3S. The molecule has 30 heavy (non-hydrogen) atoms. The number of benzene rings is 3. The van der Waals surface area contributed by atoms with Crippen LogP contribution in [0.4, 0.5) is 5.69 Å². The highest BCUT2D eigenvalue weighted by atomic mass is 35.5. The number of ether oxygens (including phenoxy) is 2. The van der Waals surface area contributed by atoms with Crippen molar-refractivity contribution in [1.82, 2.24) is 5.32 Å². The number of hydrogen-bond acceptors (Lipinski definition) is 4. The highest BCUT2D eigenvalue weighted by Gasteiger charge is 2.14.